The summed E-state index contributed by atoms with van der Waals surface area (Å²) >= 11 is 0. The van der Waals surface area contributed by atoms with Gasteiger partial charge in [0, 0.05) is 29.8 Å². The summed E-state index contributed by atoms with van der Waals surface area (Å²) in [4.78, 5) is 23.9. The molecule has 2 saturated carbocycles. The molecule has 0 atom stereocenters. The average Bonchev–Trinajstić information content (AvgIpc) is 3.61. The van der Waals surface area contributed by atoms with Gasteiger partial charge >= 0.3 is 0 Å². The van der Waals surface area contributed by atoms with Crippen LogP contribution in [0.5, 0.6) is 0 Å². The number of amides is 1. The highest BCUT2D eigenvalue weighted by Crippen LogP contribution is 2.33. The van der Waals surface area contributed by atoms with E-state index < -0.39 is 10.0 Å². The van der Waals surface area contributed by atoms with E-state index >= 15 is 0 Å². The summed E-state index contributed by atoms with van der Waals surface area (Å²) in [5, 5.41) is 2.95. The van der Waals surface area contributed by atoms with Crippen LogP contribution in [0.25, 0.3) is 0 Å². The summed E-state index contributed by atoms with van der Waals surface area (Å²) in [6, 6.07) is 13.5. The number of Topliss-reactive ketones (excluding diaryl/α,β-unsaturated/α-hetero) is 1. The maximum absolute atomic E-state index is 13.2. The van der Waals surface area contributed by atoms with Crippen molar-refractivity contribution >= 4 is 21.7 Å². The fraction of sp³-hybridized carbons (Fsp3) is 0.364. The summed E-state index contributed by atoms with van der Waals surface area (Å²) in [5.41, 5.74) is 1.79. The third kappa shape index (κ3) is 4.57. The zero-order valence-corrected chi connectivity index (χ0v) is 17.1. The summed E-state index contributed by atoms with van der Waals surface area (Å²) < 4.78 is 28.0. The lowest BCUT2D eigenvalue weighted by Gasteiger charge is -2.22. The predicted octanol–water partition coefficient (Wildman–Crippen LogP) is 3.13. The number of sulfonamides is 1. The number of ketones is 1. The van der Waals surface area contributed by atoms with Gasteiger partial charge in [0.15, 0.2) is 5.78 Å². The lowest BCUT2D eigenvalue weighted by atomic mass is 10.1. The maximum Gasteiger partial charge on any atom is 0.251 e. The number of rotatable bonds is 8. The molecule has 0 spiro atoms. The first-order valence-electron chi connectivity index (χ1n) is 9.87. The molecule has 1 N–H and O–H groups in total. The Morgan fingerprint density at radius 2 is 1.69 bits per heavy atom. The van der Waals surface area contributed by atoms with Gasteiger partial charge in [-0.1, -0.05) is 24.3 Å². The highest BCUT2D eigenvalue weighted by atomic mass is 32.2. The topological polar surface area (TPSA) is 83.6 Å². The van der Waals surface area contributed by atoms with Crippen LogP contribution >= 0.6 is 0 Å². The lowest BCUT2D eigenvalue weighted by Crippen LogP contribution is -2.32. The van der Waals surface area contributed by atoms with Crippen LogP contribution in [0.2, 0.25) is 0 Å². The first kappa shape index (κ1) is 19.8. The Balaban J connectivity index is 1.54. The Kier molecular flexibility index (Phi) is 5.27. The first-order valence-corrected chi connectivity index (χ1v) is 11.3. The van der Waals surface area contributed by atoms with E-state index in [2.05, 4.69) is 5.32 Å². The molecule has 0 bridgehead atoms. The van der Waals surface area contributed by atoms with Gasteiger partial charge in [0.05, 0.1) is 4.90 Å². The second kappa shape index (κ2) is 7.72. The van der Waals surface area contributed by atoms with Crippen molar-refractivity contribution in [3.8, 4) is 0 Å². The summed E-state index contributed by atoms with van der Waals surface area (Å²) in [5.74, 6) is -0.258. The van der Waals surface area contributed by atoms with E-state index in [1.165, 1.54) is 23.4 Å². The zero-order valence-electron chi connectivity index (χ0n) is 16.3. The molecule has 0 aliphatic heterocycles. The number of hydrogen-bond donors (Lipinski definition) is 1. The van der Waals surface area contributed by atoms with Gasteiger partial charge in [-0.3, -0.25) is 9.59 Å². The molecular weight excluding hydrogens is 388 g/mol. The highest BCUT2D eigenvalue weighted by Gasteiger charge is 2.38. The Morgan fingerprint density at radius 3 is 2.28 bits per heavy atom. The third-order valence-corrected chi connectivity index (χ3v) is 7.16. The minimum absolute atomic E-state index is 0.0289. The van der Waals surface area contributed by atoms with E-state index in [0.29, 0.717) is 17.2 Å². The van der Waals surface area contributed by atoms with Crippen LogP contribution in [0, 0.1) is 0 Å². The molecule has 6 nitrogen and oxygen atoms in total. The molecule has 2 fully saturated rings. The molecule has 2 aromatic carbocycles. The fourth-order valence-corrected chi connectivity index (χ4v) is 4.94. The molecule has 0 heterocycles. The van der Waals surface area contributed by atoms with Gasteiger partial charge < -0.3 is 5.32 Å². The number of hydrogen-bond acceptors (Lipinski definition) is 4. The monoisotopic (exact) mass is 412 g/mol. The van der Waals surface area contributed by atoms with Crippen molar-refractivity contribution in [3.05, 3.63) is 65.2 Å². The van der Waals surface area contributed by atoms with E-state index in [9.17, 15) is 18.0 Å². The van der Waals surface area contributed by atoms with Crippen LogP contribution in [0.1, 0.15) is 58.9 Å². The first-order chi connectivity index (χ1) is 13.8. The largest absolute Gasteiger partial charge is 0.349 e. The van der Waals surface area contributed by atoms with E-state index in [-0.39, 0.29) is 29.2 Å². The molecule has 1 amide bonds. The Morgan fingerprint density at radius 1 is 1.00 bits per heavy atom. The molecule has 0 aromatic heterocycles. The number of benzene rings is 2. The van der Waals surface area contributed by atoms with E-state index in [1.54, 1.807) is 36.4 Å². The highest BCUT2D eigenvalue weighted by molar-refractivity contribution is 7.89. The van der Waals surface area contributed by atoms with Crippen molar-refractivity contribution < 1.29 is 18.0 Å². The molecule has 4 rings (SSSR count). The normalized spacial score (nSPS) is 16.6. The molecule has 0 saturated heterocycles. The quantitative estimate of drug-likeness (QED) is 0.675. The van der Waals surface area contributed by atoms with Crippen LogP contribution in [0.3, 0.4) is 0 Å². The van der Waals surface area contributed by atoms with Crippen molar-refractivity contribution in [1.82, 2.24) is 9.62 Å². The smallest absolute Gasteiger partial charge is 0.251 e. The van der Waals surface area contributed by atoms with Gasteiger partial charge in [-0.05, 0) is 62.4 Å². The fourth-order valence-electron chi connectivity index (χ4n) is 3.22. The van der Waals surface area contributed by atoms with Gasteiger partial charge in [0.1, 0.15) is 0 Å². The standard InChI is InChI=1S/C22H24N2O4S/c1-15(25)18-3-2-4-21(13-18)29(27,28)24(20-11-12-20)14-16-5-7-17(8-6-16)22(26)23-19-9-10-19/h2-8,13,19-20H,9-12,14H2,1H3,(H,23,26). The molecule has 2 aromatic rings. The number of carbonyl (C=O) groups excluding carboxylic acids is 2. The Labute approximate surface area is 171 Å². The van der Waals surface area contributed by atoms with E-state index in [4.69, 9.17) is 0 Å². The van der Waals surface area contributed by atoms with E-state index in [0.717, 1.165) is 31.2 Å². The summed E-state index contributed by atoms with van der Waals surface area (Å²) in [6.45, 7) is 1.66. The molecule has 0 radical (unpaired) electrons. The van der Waals surface area contributed by atoms with Gasteiger partial charge in [-0.2, -0.15) is 4.31 Å². The number of nitrogens with one attached hydrogen (secondary N) is 1. The second-order valence-corrected chi connectivity index (χ2v) is 9.70. The molecule has 7 heteroatoms. The van der Waals surface area contributed by atoms with Crippen molar-refractivity contribution in [2.45, 2.75) is 56.1 Å². The van der Waals surface area contributed by atoms with Crippen molar-refractivity contribution in [2.24, 2.45) is 0 Å². The predicted molar refractivity (Wildman–Crippen MR) is 109 cm³/mol. The SMILES string of the molecule is CC(=O)c1cccc(S(=O)(=O)N(Cc2ccc(C(=O)NC3CC3)cc2)C2CC2)c1. The zero-order chi connectivity index (χ0) is 20.6. The van der Waals surface area contributed by atoms with Crippen LogP contribution in [0.15, 0.2) is 53.4 Å². The minimum atomic E-state index is -3.72. The van der Waals surface area contributed by atoms with Crippen molar-refractivity contribution in [1.29, 1.82) is 0 Å². The van der Waals surface area contributed by atoms with E-state index in [1.807, 2.05) is 0 Å². The average molecular weight is 413 g/mol. The van der Waals surface area contributed by atoms with Gasteiger partial charge in [-0.15, -0.1) is 0 Å². The van der Waals surface area contributed by atoms with Crippen LogP contribution < -0.4 is 5.32 Å². The maximum atomic E-state index is 13.2. The molecule has 152 valence electrons. The van der Waals surface area contributed by atoms with Gasteiger partial charge in [0.2, 0.25) is 10.0 Å². The summed E-state index contributed by atoms with van der Waals surface area (Å²) in [6.07, 6.45) is 3.72. The molecule has 2 aliphatic rings. The molecular formula is C22H24N2O4S. The Hall–Kier alpha value is -2.51. The van der Waals surface area contributed by atoms with Gasteiger partial charge in [0.25, 0.3) is 5.91 Å². The second-order valence-electron chi connectivity index (χ2n) is 7.81. The minimum Gasteiger partial charge on any atom is -0.349 e. The summed E-state index contributed by atoms with van der Waals surface area (Å²) in [7, 11) is -3.72. The lowest BCUT2D eigenvalue weighted by molar-refractivity contribution is 0.0950. The van der Waals surface area contributed by atoms with Gasteiger partial charge in [-0.25, -0.2) is 8.42 Å². The molecule has 29 heavy (non-hydrogen) atoms. The molecule has 0 unspecified atom stereocenters. The van der Waals surface area contributed by atoms with Crippen molar-refractivity contribution in [3.63, 3.8) is 0 Å². The molecule has 2 aliphatic carbocycles. The van der Waals surface area contributed by atoms with Crippen LogP contribution in [-0.2, 0) is 16.6 Å². The third-order valence-electron chi connectivity index (χ3n) is 5.27. The number of nitrogens with zero attached hydrogens (tertiary/aromatic N) is 1. The Bertz CT molecular complexity index is 1040. The van der Waals surface area contributed by atoms with Crippen LogP contribution in [0.4, 0.5) is 0 Å². The van der Waals surface area contributed by atoms with Crippen LogP contribution in [-0.4, -0.2) is 36.5 Å². The number of carbonyl (C=O) groups is 2. The van der Waals surface area contributed by atoms with Crippen molar-refractivity contribution in [2.75, 3.05) is 0 Å².